The maximum Gasteiger partial charge on any atom is 0.343 e. The molecule has 0 saturated carbocycles. The average molecular weight is 578 g/mol. The third-order valence-corrected chi connectivity index (χ3v) is 7.43. The zero-order valence-corrected chi connectivity index (χ0v) is 23.0. The average Bonchev–Trinajstić information content (AvgIpc) is 3.18. The second-order valence-electron chi connectivity index (χ2n) is 8.57. The summed E-state index contributed by atoms with van der Waals surface area (Å²) in [6.07, 6.45) is 1.58. The first-order chi connectivity index (χ1) is 18.8. The molecule has 1 fully saturated rings. The van der Waals surface area contributed by atoms with Crippen molar-refractivity contribution in [2.75, 3.05) is 6.61 Å². The predicted octanol–water partition coefficient (Wildman–Crippen LogP) is 8.00. The molecule has 0 spiro atoms. The molecule has 6 nitrogen and oxygen atoms in total. The molecular formula is C30H21Cl2NO5S. The first-order valence-electron chi connectivity index (χ1n) is 12.0. The maximum absolute atomic E-state index is 13.2. The molecule has 0 unspecified atom stereocenters. The van der Waals surface area contributed by atoms with Crippen molar-refractivity contribution in [3.8, 4) is 11.5 Å². The minimum atomic E-state index is -0.628. The number of hydrogen-bond acceptors (Lipinski definition) is 6. The number of fused-ring (bicyclic) bond motifs is 1. The van der Waals surface area contributed by atoms with Crippen LogP contribution in [0.15, 0.2) is 83.8 Å². The van der Waals surface area contributed by atoms with Gasteiger partial charge >= 0.3 is 5.97 Å². The van der Waals surface area contributed by atoms with Crippen LogP contribution in [0, 0.1) is 0 Å². The number of hydrogen-bond donors (Lipinski definition) is 0. The van der Waals surface area contributed by atoms with E-state index in [0.29, 0.717) is 16.1 Å². The van der Waals surface area contributed by atoms with Gasteiger partial charge in [-0.1, -0.05) is 65.7 Å². The lowest BCUT2D eigenvalue weighted by Crippen LogP contribution is -2.27. The van der Waals surface area contributed by atoms with E-state index in [1.807, 2.05) is 42.5 Å². The molecule has 0 aromatic heterocycles. The van der Waals surface area contributed by atoms with Gasteiger partial charge < -0.3 is 9.47 Å². The Morgan fingerprint density at radius 1 is 0.974 bits per heavy atom. The summed E-state index contributed by atoms with van der Waals surface area (Å²) in [5.41, 5.74) is 1.69. The standard InChI is InChI=1S/C30H21Cl2NO5S/c1-2-37-25-15-18(14-24(32)27(25)38-29(35)20-10-12-22(31)13-11-20)16-26-28(34)33(30(36)39-26)17-21-8-5-7-19-6-3-4-9-23(19)21/h3-16H,2,17H2,1H3/b26-16-. The van der Waals surface area contributed by atoms with Crippen molar-refractivity contribution in [1.82, 2.24) is 4.90 Å². The number of benzene rings is 4. The fourth-order valence-corrected chi connectivity index (χ4v) is 5.38. The van der Waals surface area contributed by atoms with E-state index in [0.717, 1.165) is 28.1 Å². The van der Waals surface area contributed by atoms with Crippen LogP contribution in [0.4, 0.5) is 4.79 Å². The Balaban J connectivity index is 1.40. The number of ether oxygens (including phenoxy) is 2. The first kappa shape index (κ1) is 26.8. The summed E-state index contributed by atoms with van der Waals surface area (Å²) in [5, 5.41) is 2.27. The van der Waals surface area contributed by atoms with Gasteiger partial charge in [0, 0.05) is 5.02 Å². The van der Waals surface area contributed by atoms with Gasteiger partial charge in [-0.05, 0) is 83.1 Å². The van der Waals surface area contributed by atoms with Crippen molar-refractivity contribution in [3.05, 3.63) is 111 Å². The highest BCUT2D eigenvalue weighted by molar-refractivity contribution is 8.18. The maximum atomic E-state index is 13.2. The van der Waals surface area contributed by atoms with Crippen LogP contribution >= 0.6 is 35.0 Å². The minimum absolute atomic E-state index is 0.0553. The summed E-state index contributed by atoms with van der Waals surface area (Å²) in [6.45, 7) is 2.23. The molecule has 4 aromatic carbocycles. The molecule has 0 atom stereocenters. The SMILES string of the molecule is CCOc1cc(/C=C2\SC(=O)N(Cc3cccc4ccccc34)C2=O)cc(Cl)c1OC(=O)c1ccc(Cl)cc1. The summed E-state index contributed by atoms with van der Waals surface area (Å²) >= 11 is 13.2. The van der Waals surface area contributed by atoms with Gasteiger partial charge in [-0.2, -0.15) is 0 Å². The van der Waals surface area contributed by atoms with Gasteiger partial charge in [0.1, 0.15) is 0 Å². The molecule has 0 bridgehead atoms. The van der Waals surface area contributed by atoms with E-state index in [-0.39, 0.29) is 39.8 Å². The van der Waals surface area contributed by atoms with E-state index in [1.165, 1.54) is 4.90 Å². The van der Waals surface area contributed by atoms with Gasteiger partial charge in [0.25, 0.3) is 11.1 Å². The fourth-order valence-electron chi connectivity index (χ4n) is 4.16. The molecule has 5 rings (SSSR count). The summed E-state index contributed by atoms with van der Waals surface area (Å²) < 4.78 is 11.2. The van der Waals surface area contributed by atoms with Crippen molar-refractivity contribution in [3.63, 3.8) is 0 Å². The number of nitrogens with zero attached hydrogens (tertiary/aromatic N) is 1. The Kier molecular flexibility index (Phi) is 7.93. The quantitative estimate of drug-likeness (QED) is 0.126. The number of halogens is 2. The summed E-state index contributed by atoms with van der Waals surface area (Å²) in [4.78, 5) is 40.2. The third-order valence-electron chi connectivity index (χ3n) is 5.99. The van der Waals surface area contributed by atoms with Gasteiger partial charge in [-0.15, -0.1) is 0 Å². The van der Waals surface area contributed by atoms with Crippen LogP contribution in [0.25, 0.3) is 16.8 Å². The van der Waals surface area contributed by atoms with Crippen molar-refractivity contribution in [2.45, 2.75) is 13.5 Å². The Labute approximate surface area is 239 Å². The second kappa shape index (κ2) is 11.5. The van der Waals surface area contributed by atoms with Crippen molar-refractivity contribution in [1.29, 1.82) is 0 Å². The van der Waals surface area contributed by atoms with E-state index in [2.05, 4.69) is 0 Å². The van der Waals surface area contributed by atoms with Gasteiger partial charge in [0.2, 0.25) is 0 Å². The Bertz CT molecular complexity index is 1630. The van der Waals surface area contributed by atoms with E-state index in [9.17, 15) is 14.4 Å². The van der Waals surface area contributed by atoms with Gasteiger partial charge in [-0.25, -0.2) is 4.79 Å². The second-order valence-corrected chi connectivity index (χ2v) is 10.4. The smallest absolute Gasteiger partial charge is 0.343 e. The lowest BCUT2D eigenvalue weighted by Gasteiger charge is -2.14. The topological polar surface area (TPSA) is 72.9 Å². The van der Waals surface area contributed by atoms with Gasteiger partial charge in [0.05, 0.1) is 28.6 Å². The molecule has 4 aromatic rings. The van der Waals surface area contributed by atoms with E-state index in [4.69, 9.17) is 32.7 Å². The zero-order chi connectivity index (χ0) is 27.5. The number of thioether (sulfide) groups is 1. The Hall–Kier alpha value is -3.78. The van der Waals surface area contributed by atoms with E-state index < -0.39 is 11.9 Å². The normalized spacial score (nSPS) is 14.3. The Morgan fingerprint density at radius 3 is 2.49 bits per heavy atom. The van der Waals surface area contributed by atoms with E-state index in [1.54, 1.807) is 49.4 Å². The van der Waals surface area contributed by atoms with Crippen LogP contribution in [0.1, 0.15) is 28.4 Å². The van der Waals surface area contributed by atoms with E-state index >= 15 is 0 Å². The lowest BCUT2D eigenvalue weighted by molar-refractivity contribution is -0.123. The van der Waals surface area contributed by atoms with Crippen molar-refractivity contribution < 1.29 is 23.9 Å². The summed E-state index contributed by atoms with van der Waals surface area (Å²) in [6, 6.07) is 23.0. The fraction of sp³-hybridized carbons (Fsp3) is 0.100. The first-order valence-corrected chi connectivity index (χ1v) is 13.6. The number of carbonyl (C=O) groups is 3. The highest BCUT2D eigenvalue weighted by atomic mass is 35.5. The molecule has 0 aliphatic carbocycles. The number of esters is 1. The number of imide groups is 1. The number of carbonyl (C=O) groups excluding carboxylic acids is 3. The molecule has 0 N–H and O–H groups in total. The lowest BCUT2D eigenvalue weighted by atomic mass is 10.0. The molecule has 1 heterocycles. The molecule has 1 saturated heterocycles. The van der Waals surface area contributed by atoms with Crippen molar-refractivity contribution >= 4 is 68.9 Å². The third kappa shape index (κ3) is 5.81. The molecular weight excluding hydrogens is 557 g/mol. The molecule has 9 heteroatoms. The van der Waals surface area contributed by atoms with Gasteiger partial charge in [-0.3, -0.25) is 14.5 Å². The van der Waals surface area contributed by atoms with Crippen LogP contribution in [0.2, 0.25) is 10.0 Å². The molecule has 0 radical (unpaired) electrons. The molecule has 1 aliphatic rings. The zero-order valence-electron chi connectivity index (χ0n) is 20.6. The summed E-state index contributed by atoms with van der Waals surface area (Å²) in [5.74, 6) is -0.740. The van der Waals surface area contributed by atoms with Gasteiger partial charge in [0.15, 0.2) is 11.5 Å². The van der Waals surface area contributed by atoms with Crippen LogP contribution in [-0.4, -0.2) is 28.6 Å². The van der Waals surface area contributed by atoms with Crippen LogP contribution in [0.3, 0.4) is 0 Å². The molecule has 39 heavy (non-hydrogen) atoms. The van der Waals surface area contributed by atoms with Crippen LogP contribution in [-0.2, 0) is 11.3 Å². The molecule has 2 amide bonds. The molecule has 196 valence electrons. The highest BCUT2D eigenvalue weighted by Crippen LogP contribution is 2.40. The largest absolute Gasteiger partial charge is 0.490 e. The summed E-state index contributed by atoms with van der Waals surface area (Å²) in [7, 11) is 0. The number of amides is 2. The predicted molar refractivity (Wildman–Crippen MR) is 154 cm³/mol. The molecule has 1 aliphatic heterocycles. The highest BCUT2D eigenvalue weighted by Gasteiger charge is 2.35. The monoisotopic (exact) mass is 577 g/mol. The number of rotatable bonds is 7. The van der Waals surface area contributed by atoms with Crippen LogP contribution in [0.5, 0.6) is 11.5 Å². The minimum Gasteiger partial charge on any atom is -0.490 e. The van der Waals surface area contributed by atoms with Crippen molar-refractivity contribution in [2.24, 2.45) is 0 Å². The Morgan fingerprint density at radius 2 is 1.72 bits per heavy atom. The van der Waals surface area contributed by atoms with Crippen LogP contribution < -0.4 is 9.47 Å².